The predicted molar refractivity (Wildman–Crippen MR) is 105 cm³/mol. The first-order valence-corrected chi connectivity index (χ1v) is 10.6. The van der Waals surface area contributed by atoms with E-state index < -0.39 is 33.1 Å². The Hall–Kier alpha value is -3.03. The van der Waals surface area contributed by atoms with Gasteiger partial charge in [-0.1, -0.05) is 48.5 Å². The summed E-state index contributed by atoms with van der Waals surface area (Å²) in [4.78, 5) is 12.1. The SMILES string of the molecule is O=C1OC(NCC(c2ccccc2)S(=O)(=O)c2ccc(F)cc2)c2ccccc21. The number of ether oxygens (including phenoxy) is 1. The molecule has 29 heavy (non-hydrogen) atoms. The van der Waals surface area contributed by atoms with Gasteiger partial charge in [0.05, 0.1) is 10.5 Å². The summed E-state index contributed by atoms with van der Waals surface area (Å²) in [5, 5.41) is 2.11. The van der Waals surface area contributed by atoms with Gasteiger partial charge in [0.1, 0.15) is 11.1 Å². The lowest BCUT2D eigenvalue weighted by molar-refractivity contribution is 0.0310. The van der Waals surface area contributed by atoms with Gasteiger partial charge in [-0.05, 0) is 35.9 Å². The molecule has 148 valence electrons. The van der Waals surface area contributed by atoms with Gasteiger partial charge in [0, 0.05) is 12.1 Å². The van der Waals surface area contributed by atoms with Crippen molar-refractivity contribution in [2.75, 3.05) is 6.54 Å². The van der Waals surface area contributed by atoms with E-state index in [2.05, 4.69) is 5.32 Å². The van der Waals surface area contributed by atoms with Crippen LogP contribution in [0.1, 0.15) is 33.0 Å². The summed E-state index contributed by atoms with van der Waals surface area (Å²) in [5.74, 6) is -0.955. The number of hydrogen-bond donors (Lipinski definition) is 1. The predicted octanol–water partition coefficient (Wildman–Crippen LogP) is 3.80. The first-order valence-electron chi connectivity index (χ1n) is 9.04. The number of sulfone groups is 1. The van der Waals surface area contributed by atoms with Crippen molar-refractivity contribution in [2.24, 2.45) is 0 Å². The van der Waals surface area contributed by atoms with E-state index in [4.69, 9.17) is 4.74 Å². The zero-order chi connectivity index (χ0) is 20.4. The lowest BCUT2D eigenvalue weighted by Gasteiger charge is -2.21. The summed E-state index contributed by atoms with van der Waals surface area (Å²) in [7, 11) is -3.82. The van der Waals surface area contributed by atoms with Crippen LogP contribution in [-0.2, 0) is 14.6 Å². The van der Waals surface area contributed by atoms with Crippen molar-refractivity contribution in [2.45, 2.75) is 16.4 Å². The summed E-state index contributed by atoms with van der Waals surface area (Å²) in [6, 6.07) is 20.5. The van der Waals surface area contributed by atoms with Crippen molar-refractivity contribution in [3.05, 3.63) is 101 Å². The van der Waals surface area contributed by atoms with Crippen molar-refractivity contribution < 1.29 is 22.3 Å². The zero-order valence-corrected chi connectivity index (χ0v) is 16.1. The molecule has 0 spiro atoms. The largest absolute Gasteiger partial charge is 0.439 e. The van der Waals surface area contributed by atoms with Crippen molar-refractivity contribution in [3.8, 4) is 0 Å². The molecule has 2 unspecified atom stereocenters. The molecule has 3 aromatic carbocycles. The maximum atomic E-state index is 13.3. The van der Waals surface area contributed by atoms with Gasteiger partial charge < -0.3 is 4.74 Å². The molecule has 5 nitrogen and oxygen atoms in total. The number of halogens is 1. The normalized spacial score (nSPS) is 16.9. The van der Waals surface area contributed by atoms with Gasteiger partial charge in [-0.25, -0.2) is 17.6 Å². The molecule has 1 N–H and O–H groups in total. The number of hydrogen-bond acceptors (Lipinski definition) is 5. The lowest BCUT2D eigenvalue weighted by Crippen LogP contribution is -2.30. The number of carbonyl (C=O) groups is 1. The highest BCUT2D eigenvalue weighted by Crippen LogP contribution is 2.32. The van der Waals surface area contributed by atoms with Crippen molar-refractivity contribution in [3.63, 3.8) is 0 Å². The molecule has 1 aliphatic heterocycles. The second-order valence-electron chi connectivity index (χ2n) is 6.68. The Morgan fingerprint density at radius 2 is 1.59 bits per heavy atom. The van der Waals surface area contributed by atoms with Gasteiger partial charge in [0.25, 0.3) is 0 Å². The van der Waals surface area contributed by atoms with E-state index >= 15 is 0 Å². The third-order valence-electron chi connectivity index (χ3n) is 4.86. The van der Waals surface area contributed by atoms with Crippen LogP contribution in [0, 0.1) is 5.82 Å². The molecule has 0 saturated carbocycles. The van der Waals surface area contributed by atoms with E-state index in [1.165, 1.54) is 12.1 Å². The van der Waals surface area contributed by atoms with Crippen LogP contribution in [0.4, 0.5) is 4.39 Å². The van der Waals surface area contributed by atoms with E-state index in [-0.39, 0.29) is 11.4 Å². The fourth-order valence-electron chi connectivity index (χ4n) is 3.37. The highest BCUT2D eigenvalue weighted by molar-refractivity contribution is 7.91. The summed E-state index contributed by atoms with van der Waals surface area (Å²) in [5.41, 5.74) is 1.72. The van der Waals surface area contributed by atoms with E-state index in [9.17, 15) is 17.6 Å². The Kier molecular flexibility index (Phi) is 5.17. The molecule has 0 radical (unpaired) electrons. The minimum absolute atomic E-state index is 0.00992. The summed E-state index contributed by atoms with van der Waals surface area (Å²) < 4.78 is 45.2. The molecule has 0 aliphatic carbocycles. The molecule has 3 aromatic rings. The summed E-state index contributed by atoms with van der Waals surface area (Å²) in [6.07, 6.45) is -0.728. The average molecular weight is 411 g/mol. The molecule has 2 atom stereocenters. The Labute approximate surface area is 168 Å². The Balaban J connectivity index is 1.64. The maximum absolute atomic E-state index is 13.3. The van der Waals surface area contributed by atoms with Crippen LogP contribution < -0.4 is 5.32 Å². The van der Waals surface area contributed by atoms with Crippen LogP contribution in [0.5, 0.6) is 0 Å². The first kappa shape index (κ1) is 19.3. The maximum Gasteiger partial charge on any atom is 0.340 e. The highest BCUT2D eigenvalue weighted by atomic mass is 32.2. The van der Waals surface area contributed by atoms with Crippen molar-refractivity contribution >= 4 is 15.8 Å². The van der Waals surface area contributed by atoms with Crippen LogP contribution in [0.25, 0.3) is 0 Å². The van der Waals surface area contributed by atoms with Crippen LogP contribution in [0.2, 0.25) is 0 Å². The third kappa shape index (κ3) is 3.79. The molecular weight excluding hydrogens is 393 g/mol. The number of benzene rings is 3. The zero-order valence-electron chi connectivity index (χ0n) is 15.3. The van der Waals surface area contributed by atoms with Crippen LogP contribution in [0.15, 0.2) is 83.8 Å². The Morgan fingerprint density at radius 1 is 0.931 bits per heavy atom. The topological polar surface area (TPSA) is 72.5 Å². The van der Waals surface area contributed by atoms with Crippen LogP contribution in [0.3, 0.4) is 0 Å². The van der Waals surface area contributed by atoms with Gasteiger partial charge in [-0.3, -0.25) is 5.32 Å². The second-order valence-corrected chi connectivity index (χ2v) is 8.81. The summed E-state index contributed by atoms with van der Waals surface area (Å²) >= 11 is 0. The molecule has 0 aromatic heterocycles. The molecule has 1 heterocycles. The van der Waals surface area contributed by atoms with Gasteiger partial charge in [0.2, 0.25) is 0 Å². The van der Waals surface area contributed by atoms with Gasteiger partial charge in [-0.15, -0.1) is 0 Å². The minimum Gasteiger partial charge on any atom is -0.439 e. The number of nitrogens with one attached hydrogen (secondary N) is 1. The molecule has 1 aliphatic rings. The van der Waals surface area contributed by atoms with E-state index in [1.54, 1.807) is 54.6 Å². The van der Waals surface area contributed by atoms with E-state index in [0.29, 0.717) is 16.7 Å². The quantitative estimate of drug-likeness (QED) is 0.493. The molecule has 0 fully saturated rings. The molecule has 4 rings (SSSR count). The van der Waals surface area contributed by atoms with Gasteiger partial charge >= 0.3 is 5.97 Å². The average Bonchev–Trinajstić information content (AvgIpc) is 3.05. The first-order chi connectivity index (χ1) is 14.0. The van der Waals surface area contributed by atoms with Crippen LogP contribution in [-0.4, -0.2) is 20.9 Å². The third-order valence-corrected chi connectivity index (χ3v) is 6.98. The monoisotopic (exact) mass is 411 g/mol. The lowest BCUT2D eigenvalue weighted by atomic mass is 10.1. The van der Waals surface area contributed by atoms with Gasteiger partial charge in [0.15, 0.2) is 16.1 Å². The standard InChI is InChI=1S/C22H18FNO4S/c23-16-10-12-17(13-11-16)29(26,27)20(15-6-2-1-3-7-15)14-24-21-18-8-4-5-9-19(18)22(25)28-21/h1-13,20-21,24H,14H2. The summed E-state index contributed by atoms with van der Waals surface area (Å²) in [6.45, 7) is 0.00992. The fraction of sp³-hybridized carbons (Fsp3) is 0.136. The van der Waals surface area contributed by atoms with Crippen LogP contribution >= 0.6 is 0 Å². The molecule has 0 bridgehead atoms. The number of cyclic esters (lactones) is 1. The molecule has 0 amide bonds. The van der Waals surface area contributed by atoms with Crippen molar-refractivity contribution in [1.29, 1.82) is 0 Å². The van der Waals surface area contributed by atoms with Gasteiger partial charge in [-0.2, -0.15) is 0 Å². The number of carbonyl (C=O) groups excluding carboxylic acids is 1. The molecule has 7 heteroatoms. The highest BCUT2D eigenvalue weighted by Gasteiger charge is 2.34. The number of fused-ring (bicyclic) bond motifs is 1. The van der Waals surface area contributed by atoms with Crippen molar-refractivity contribution in [1.82, 2.24) is 5.32 Å². The fourth-order valence-corrected chi connectivity index (χ4v) is 5.05. The van der Waals surface area contributed by atoms with E-state index in [0.717, 1.165) is 12.1 Å². The Morgan fingerprint density at radius 3 is 2.31 bits per heavy atom. The van der Waals surface area contributed by atoms with E-state index in [1.807, 2.05) is 0 Å². The molecule has 0 saturated heterocycles. The number of esters is 1. The Bertz CT molecular complexity index is 1130. The number of rotatable bonds is 6. The second kappa shape index (κ2) is 7.77. The minimum atomic E-state index is -3.82. The molecular formula is C22H18FNO4S. The smallest absolute Gasteiger partial charge is 0.340 e.